The molecule has 0 saturated heterocycles. The van der Waals surface area contributed by atoms with Gasteiger partial charge in [0, 0.05) is 11.6 Å². The Morgan fingerprint density at radius 3 is 2.65 bits per heavy atom. The third kappa shape index (κ3) is 5.46. The Balaban J connectivity index is 2.31. The van der Waals surface area contributed by atoms with E-state index in [1.165, 1.54) is 0 Å². The highest BCUT2D eigenvalue weighted by atomic mass is 35.5. The van der Waals surface area contributed by atoms with Crippen LogP contribution in [-0.2, 0) is 11.3 Å². The van der Waals surface area contributed by atoms with E-state index in [2.05, 4.69) is 10.4 Å². The van der Waals surface area contributed by atoms with E-state index in [4.69, 9.17) is 23.2 Å². The third-order valence-electron chi connectivity index (χ3n) is 1.88. The monoisotopic (exact) mass is 272 g/mol. The average Bonchev–Trinajstić information content (AvgIpc) is 2.35. The van der Waals surface area contributed by atoms with E-state index in [-0.39, 0.29) is 16.8 Å². The molecule has 1 rings (SSSR count). The molecule has 0 unspecified atom stereocenters. The molecule has 0 heterocycles. The number of carbonyl (C=O) groups excluding carboxylic acids is 1. The predicted octanol–water partition coefficient (Wildman–Crippen LogP) is 0.878. The van der Waals surface area contributed by atoms with Gasteiger partial charge in [-0.2, -0.15) is 5.10 Å². The molecule has 1 aromatic carbocycles. The summed E-state index contributed by atoms with van der Waals surface area (Å²) in [4.78, 5) is 11.4. The maximum absolute atomic E-state index is 11.4. The lowest BCUT2D eigenvalue weighted by Crippen LogP contribution is -2.26. The van der Waals surface area contributed by atoms with E-state index in [1.54, 1.807) is 12.1 Å². The topological polar surface area (TPSA) is 93.5 Å². The van der Waals surface area contributed by atoms with Gasteiger partial charge in [-0.3, -0.25) is 4.79 Å². The lowest BCUT2D eigenvalue weighted by molar-refractivity contribution is -0.118. The molecule has 0 aromatic heterocycles. The smallest absolute Gasteiger partial charge is 0.230 e. The van der Waals surface area contributed by atoms with Crippen molar-refractivity contribution in [3.63, 3.8) is 0 Å². The Bertz CT molecular complexity index is 407. The number of nitrogens with one attached hydrogen (secondary N) is 1. The normalized spacial score (nSPS) is 11.2. The van der Waals surface area contributed by atoms with Crippen molar-refractivity contribution in [2.24, 2.45) is 16.7 Å². The number of hydrogen-bond acceptors (Lipinski definition) is 4. The fraction of sp³-hybridized carbons (Fsp3) is 0.200. The van der Waals surface area contributed by atoms with Gasteiger partial charge in [0.25, 0.3) is 0 Å². The fourth-order valence-electron chi connectivity index (χ4n) is 1.03. The molecule has 1 amide bonds. The number of amidine groups is 1. The molecule has 0 aliphatic heterocycles. The number of halogens is 1. The van der Waals surface area contributed by atoms with E-state index in [1.807, 2.05) is 12.1 Å². The molecule has 0 bridgehead atoms. The Morgan fingerprint density at radius 1 is 1.41 bits per heavy atom. The average molecular weight is 273 g/mol. The Hall–Kier alpha value is -1.40. The molecular weight excluding hydrogens is 260 g/mol. The Kier molecular flexibility index (Phi) is 5.65. The molecule has 1 aromatic rings. The van der Waals surface area contributed by atoms with Gasteiger partial charge >= 0.3 is 0 Å². The summed E-state index contributed by atoms with van der Waals surface area (Å²) in [5.41, 5.74) is 6.32. The highest BCUT2D eigenvalue weighted by molar-refractivity contribution is 8.14. The van der Waals surface area contributed by atoms with Crippen molar-refractivity contribution in [3.05, 3.63) is 34.9 Å². The van der Waals surface area contributed by atoms with Crippen molar-refractivity contribution in [1.29, 1.82) is 0 Å². The van der Waals surface area contributed by atoms with Crippen molar-refractivity contribution in [3.8, 4) is 0 Å². The number of nitrogens with two attached hydrogens (primary N) is 2. The summed E-state index contributed by atoms with van der Waals surface area (Å²) in [6.45, 7) is 0.455. The second-order valence-electron chi connectivity index (χ2n) is 3.16. The summed E-state index contributed by atoms with van der Waals surface area (Å²) < 4.78 is 0. The quantitative estimate of drug-likeness (QED) is 0.328. The molecule has 0 aliphatic rings. The second kappa shape index (κ2) is 7.03. The summed E-state index contributed by atoms with van der Waals surface area (Å²) in [7, 11) is 0. The zero-order chi connectivity index (χ0) is 12.7. The second-order valence-corrected chi connectivity index (χ2v) is 4.59. The van der Waals surface area contributed by atoms with Crippen LogP contribution >= 0.6 is 23.4 Å². The molecule has 17 heavy (non-hydrogen) atoms. The maximum Gasteiger partial charge on any atom is 0.230 e. The first kappa shape index (κ1) is 13.7. The molecule has 0 saturated carbocycles. The highest BCUT2D eigenvalue weighted by Crippen LogP contribution is 2.09. The van der Waals surface area contributed by atoms with Crippen LogP contribution in [0.2, 0.25) is 5.02 Å². The third-order valence-corrected chi connectivity index (χ3v) is 2.94. The lowest BCUT2D eigenvalue weighted by Gasteiger charge is -2.04. The van der Waals surface area contributed by atoms with Crippen molar-refractivity contribution < 1.29 is 4.79 Å². The minimum Gasteiger partial charge on any atom is -0.377 e. The zero-order valence-corrected chi connectivity index (χ0v) is 10.6. The first-order chi connectivity index (χ1) is 8.11. The van der Waals surface area contributed by atoms with Crippen molar-refractivity contribution in [2.45, 2.75) is 6.54 Å². The minimum atomic E-state index is -0.128. The fourth-order valence-corrected chi connectivity index (χ4v) is 1.61. The van der Waals surface area contributed by atoms with E-state index < -0.39 is 0 Å². The van der Waals surface area contributed by atoms with Crippen LogP contribution < -0.4 is 16.9 Å². The van der Waals surface area contributed by atoms with Crippen LogP contribution in [0.3, 0.4) is 0 Å². The van der Waals surface area contributed by atoms with Crippen molar-refractivity contribution in [1.82, 2.24) is 5.32 Å². The number of rotatable bonds is 4. The lowest BCUT2D eigenvalue weighted by atomic mass is 10.2. The molecule has 0 fully saturated rings. The summed E-state index contributed by atoms with van der Waals surface area (Å²) in [6, 6.07) is 7.25. The number of carbonyl (C=O) groups is 1. The summed E-state index contributed by atoms with van der Waals surface area (Å²) in [5.74, 6) is 5.00. The number of amides is 1. The first-order valence-electron chi connectivity index (χ1n) is 4.79. The SMILES string of the molecule is NN=C(N)SCC(=O)NCc1ccc(Cl)cc1. The van der Waals surface area contributed by atoms with Crippen LogP contribution in [0.4, 0.5) is 0 Å². The van der Waals surface area contributed by atoms with Gasteiger partial charge in [0.2, 0.25) is 5.91 Å². The summed E-state index contributed by atoms with van der Waals surface area (Å²) in [5, 5.41) is 6.85. The molecule has 0 aliphatic carbocycles. The van der Waals surface area contributed by atoms with Gasteiger partial charge in [-0.05, 0) is 17.7 Å². The number of hydrazone groups is 1. The number of hydrogen-bond donors (Lipinski definition) is 3. The standard InChI is InChI=1S/C10H13ClN4OS/c11-8-3-1-7(2-4-8)5-14-9(16)6-17-10(12)15-13/h1-4H,5-6,13H2,(H2,12,15)(H,14,16). The van der Waals surface area contributed by atoms with Gasteiger partial charge in [0.15, 0.2) is 5.17 Å². The molecule has 0 spiro atoms. The van der Waals surface area contributed by atoms with Gasteiger partial charge in [0.1, 0.15) is 0 Å². The molecule has 5 N–H and O–H groups in total. The summed E-state index contributed by atoms with van der Waals surface area (Å²) >= 11 is 6.84. The largest absolute Gasteiger partial charge is 0.377 e. The van der Waals surface area contributed by atoms with Gasteiger partial charge in [-0.25, -0.2) is 0 Å². The maximum atomic E-state index is 11.4. The van der Waals surface area contributed by atoms with Crippen LogP contribution in [0.1, 0.15) is 5.56 Å². The zero-order valence-electron chi connectivity index (χ0n) is 9.02. The van der Waals surface area contributed by atoms with Crippen LogP contribution in [0.25, 0.3) is 0 Å². The number of thioether (sulfide) groups is 1. The summed E-state index contributed by atoms with van der Waals surface area (Å²) in [6.07, 6.45) is 0. The molecule has 0 atom stereocenters. The van der Waals surface area contributed by atoms with Crippen LogP contribution in [0, 0.1) is 0 Å². The highest BCUT2D eigenvalue weighted by Gasteiger charge is 2.03. The molecular formula is C10H13ClN4OS. The molecule has 7 heteroatoms. The van der Waals surface area contributed by atoms with Gasteiger partial charge < -0.3 is 16.9 Å². The van der Waals surface area contributed by atoms with Crippen molar-refractivity contribution >= 4 is 34.4 Å². The van der Waals surface area contributed by atoms with Crippen LogP contribution in [-0.4, -0.2) is 16.8 Å². The van der Waals surface area contributed by atoms with E-state index in [0.717, 1.165) is 17.3 Å². The van der Waals surface area contributed by atoms with Gasteiger partial charge in [0.05, 0.1) is 5.75 Å². The first-order valence-corrected chi connectivity index (χ1v) is 6.15. The Labute approximate surface area is 109 Å². The van der Waals surface area contributed by atoms with Crippen LogP contribution in [0.15, 0.2) is 29.4 Å². The van der Waals surface area contributed by atoms with E-state index in [0.29, 0.717) is 11.6 Å². The van der Waals surface area contributed by atoms with E-state index in [9.17, 15) is 4.79 Å². The predicted molar refractivity (Wildman–Crippen MR) is 71.6 cm³/mol. The molecule has 5 nitrogen and oxygen atoms in total. The van der Waals surface area contributed by atoms with Gasteiger partial charge in [-0.1, -0.05) is 35.5 Å². The van der Waals surface area contributed by atoms with E-state index >= 15 is 0 Å². The number of benzene rings is 1. The van der Waals surface area contributed by atoms with Gasteiger partial charge in [-0.15, -0.1) is 0 Å². The molecule has 92 valence electrons. The molecule has 0 radical (unpaired) electrons. The van der Waals surface area contributed by atoms with Crippen LogP contribution in [0.5, 0.6) is 0 Å². The number of nitrogens with zero attached hydrogens (tertiary/aromatic N) is 1. The van der Waals surface area contributed by atoms with Crippen molar-refractivity contribution in [2.75, 3.05) is 5.75 Å². The Morgan fingerprint density at radius 2 is 2.06 bits per heavy atom. The minimum absolute atomic E-state index is 0.128.